The number of carbonyl (C=O) groups is 1. The number of carbonyl (C=O) groups excluding carboxylic acids is 1. The summed E-state index contributed by atoms with van der Waals surface area (Å²) in [6.07, 6.45) is 0. The number of amides is 1. The molecule has 23 heavy (non-hydrogen) atoms. The molecule has 0 saturated carbocycles. The van der Waals surface area contributed by atoms with Crippen molar-refractivity contribution in [3.63, 3.8) is 0 Å². The van der Waals surface area contributed by atoms with Gasteiger partial charge >= 0.3 is 0 Å². The summed E-state index contributed by atoms with van der Waals surface area (Å²) < 4.78 is 10.4. The second-order valence-electron chi connectivity index (χ2n) is 5.72. The van der Waals surface area contributed by atoms with Crippen LogP contribution < -0.4 is 5.32 Å². The first-order valence-electron chi connectivity index (χ1n) is 7.54. The highest BCUT2D eigenvalue weighted by Crippen LogP contribution is 2.21. The summed E-state index contributed by atoms with van der Waals surface area (Å²) in [7, 11) is 3.28. The molecule has 0 aliphatic heterocycles. The van der Waals surface area contributed by atoms with E-state index in [1.807, 2.05) is 61.5 Å². The summed E-state index contributed by atoms with van der Waals surface area (Å²) in [4.78, 5) is 12.6. The van der Waals surface area contributed by atoms with Crippen LogP contribution in [-0.2, 0) is 21.6 Å². The minimum Gasteiger partial charge on any atom is -0.382 e. The van der Waals surface area contributed by atoms with E-state index in [2.05, 4.69) is 5.32 Å². The molecule has 1 N–H and O–H groups in total. The number of ether oxygens (including phenoxy) is 2. The zero-order chi connectivity index (χ0) is 16.7. The molecule has 0 aliphatic rings. The van der Waals surface area contributed by atoms with Crippen LogP contribution in [0.3, 0.4) is 0 Å². The highest BCUT2D eigenvalue weighted by molar-refractivity contribution is 5.94. The topological polar surface area (TPSA) is 47.6 Å². The predicted octanol–water partition coefficient (Wildman–Crippen LogP) is 3.12. The molecule has 4 heteroatoms. The van der Waals surface area contributed by atoms with Crippen LogP contribution in [-0.4, -0.2) is 26.7 Å². The van der Waals surface area contributed by atoms with E-state index in [-0.39, 0.29) is 5.91 Å². The van der Waals surface area contributed by atoms with Crippen molar-refractivity contribution in [2.45, 2.75) is 19.1 Å². The van der Waals surface area contributed by atoms with E-state index in [9.17, 15) is 4.79 Å². The number of nitrogens with one attached hydrogen (secondary N) is 1. The third kappa shape index (κ3) is 4.41. The van der Waals surface area contributed by atoms with Crippen molar-refractivity contribution in [1.82, 2.24) is 5.32 Å². The summed E-state index contributed by atoms with van der Waals surface area (Å²) in [5.74, 6) is -0.127. The molecule has 4 nitrogen and oxygen atoms in total. The molecule has 2 aromatic carbocycles. The van der Waals surface area contributed by atoms with E-state index < -0.39 is 5.54 Å². The maximum absolute atomic E-state index is 12.6. The van der Waals surface area contributed by atoms with Crippen molar-refractivity contribution >= 4 is 5.91 Å². The molecule has 2 aromatic rings. The quantitative estimate of drug-likeness (QED) is 0.854. The fourth-order valence-electron chi connectivity index (χ4n) is 2.53. The fourth-order valence-corrected chi connectivity index (χ4v) is 2.53. The molecule has 0 spiro atoms. The second kappa shape index (κ2) is 7.90. The van der Waals surface area contributed by atoms with Crippen molar-refractivity contribution in [2.24, 2.45) is 0 Å². The number of hydrogen-bond donors (Lipinski definition) is 1. The summed E-state index contributed by atoms with van der Waals surface area (Å²) in [5.41, 5.74) is 2.07. The lowest BCUT2D eigenvalue weighted by Crippen LogP contribution is -2.46. The maximum Gasteiger partial charge on any atom is 0.252 e. The van der Waals surface area contributed by atoms with E-state index >= 15 is 0 Å². The van der Waals surface area contributed by atoms with E-state index in [1.165, 1.54) is 0 Å². The van der Waals surface area contributed by atoms with Crippen molar-refractivity contribution < 1.29 is 14.3 Å². The zero-order valence-corrected chi connectivity index (χ0v) is 13.8. The Morgan fingerprint density at radius 1 is 1.00 bits per heavy atom. The van der Waals surface area contributed by atoms with Gasteiger partial charge < -0.3 is 14.8 Å². The number of benzene rings is 2. The van der Waals surface area contributed by atoms with Crippen LogP contribution in [0.4, 0.5) is 0 Å². The van der Waals surface area contributed by atoms with Crippen LogP contribution in [0.2, 0.25) is 0 Å². The van der Waals surface area contributed by atoms with Gasteiger partial charge in [-0.2, -0.15) is 0 Å². The van der Waals surface area contributed by atoms with E-state index in [0.29, 0.717) is 18.8 Å². The average Bonchev–Trinajstić information content (AvgIpc) is 2.57. The van der Waals surface area contributed by atoms with Crippen LogP contribution in [0, 0.1) is 0 Å². The Labute approximate surface area is 137 Å². The SMILES string of the molecule is COCc1ccc(C(=O)NC(C)(COC)c2ccccc2)cc1. The highest BCUT2D eigenvalue weighted by atomic mass is 16.5. The first kappa shape index (κ1) is 17.2. The Morgan fingerprint density at radius 3 is 2.22 bits per heavy atom. The van der Waals surface area contributed by atoms with Crippen LogP contribution in [0.15, 0.2) is 54.6 Å². The third-order valence-corrected chi connectivity index (χ3v) is 3.76. The molecule has 0 aromatic heterocycles. The molecule has 0 radical (unpaired) electrons. The van der Waals surface area contributed by atoms with Gasteiger partial charge in [0.05, 0.1) is 18.8 Å². The average molecular weight is 313 g/mol. The monoisotopic (exact) mass is 313 g/mol. The molecule has 0 saturated heterocycles. The lowest BCUT2D eigenvalue weighted by molar-refractivity contribution is 0.0786. The van der Waals surface area contributed by atoms with Gasteiger partial charge in [0.15, 0.2) is 0 Å². The van der Waals surface area contributed by atoms with E-state index in [1.54, 1.807) is 14.2 Å². The van der Waals surface area contributed by atoms with Gasteiger partial charge in [-0.3, -0.25) is 4.79 Å². The molecule has 0 fully saturated rings. The molecule has 0 bridgehead atoms. The molecule has 1 atom stereocenters. The minimum absolute atomic E-state index is 0.127. The van der Waals surface area contributed by atoms with Crippen molar-refractivity contribution in [3.8, 4) is 0 Å². The van der Waals surface area contributed by atoms with Gasteiger partial charge in [-0.15, -0.1) is 0 Å². The number of methoxy groups -OCH3 is 2. The molecular formula is C19H23NO3. The molecular weight excluding hydrogens is 290 g/mol. The molecule has 1 unspecified atom stereocenters. The fraction of sp³-hybridized carbons (Fsp3) is 0.316. The Balaban J connectivity index is 2.17. The van der Waals surface area contributed by atoms with Gasteiger partial charge in [0, 0.05) is 19.8 Å². The molecule has 2 rings (SSSR count). The van der Waals surface area contributed by atoms with Gasteiger partial charge in [0.2, 0.25) is 0 Å². The highest BCUT2D eigenvalue weighted by Gasteiger charge is 2.28. The molecule has 0 aliphatic carbocycles. The van der Waals surface area contributed by atoms with Gasteiger partial charge in [0.1, 0.15) is 0 Å². The lowest BCUT2D eigenvalue weighted by Gasteiger charge is -2.30. The van der Waals surface area contributed by atoms with Crippen molar-refractivity contribution in [3.05, 3.63) is 71.3 Å². The Kier molecular flexibility index (Phi) is 5.90. The smallest absolute Gasteiger partial charge is 0.252 e. The van der Waals surface area contributed by atoms with Crippen LogP contribution in [0.1, 0.15) is 28.4 Å². The molecule has 0 heterocycles. The van der Waals surface area contributed by atoms with Crippen LogP contribution >= 0.6 is 0 Å². The zero-order valence-electron chi connectivity index (χ0n) is 13.8. The normalized spacial score (nSPS) is 13.3. The molecule has 122 valence electrons. The predicted molar refractivity (Wildman–Crippen MR) is 90.3 cm³/mol. The third-order valence-electron chi connectivity index (χ3n) is 3.76. The first-order chi connectivity index (χ1) is 11.1. The number of rotatable bonds is 7. The van der Waals surface area contributed by atoms with Crippen molar-refractivity contribution in [1.29, 1.82) is 0 Å². The second-order valence-corrected chi connectivity index (χ2v) is 5.72. The molecule has 1 amide bonds. The van der Waals surface area contributed by atoms with Crippen LogP contribution in [0.25, 0.3) is 0 Å². The largest absolute Gasteiger partial charge is 0.382 e. The maximum atomic E-state index is 12.6. The Hall–Kier alpha value is -2.17. The van der Waals surface area contributed by atoms with Gasteiger partial charge in [-0.1, -0.05) is 42.5 Å². The summed E-state index contributed by atoms with van der Waals surface area (Å²) >= 11 is 0. The Bertz CT molecular complexity index is 625. The van der Waals surface area contributed by atoms with Crippen molar-refractivity contribution in [2.75, 3.05) is 20.8 Å². The van der Waals surface area contributed by atoms with E-state index in [0.717, 1.165) is 11.1 Å². The van der Waals surface area contributed by atoms with Gasteiger partial charge in [0.25, 0.3) is 5.91 Å². The first-order valence-corrected chi connectivity index (χ1v) is 7.54. The van der Waals surface area contributed by atoms with E-state index in [4.69, 9.17) is 9.47 Å². The standard InChI is InChI=1S/C19H23NO3/c1-19(14-23-3,17-7-5-4-6-8-17)20-18(21)16-11-9-15(10-12-16)13-22-2/h4-12H,13-14H2,1-3H3,(H,20,21). The summed E-state index contributed by atoms with van der Waals surface area (Å²) in [5, 5.41) is 3.08. The minimum atomic E-state index is -0.585. The lowest BCUT2D eigenvalue weighted by atomic mass is 9.92. The number of hydrogen-bond acceptors (Lipinski definition) is 3. The summed E-state index contributed by atoms with van der Waals surface area (Å²) in [6, 6.07) is 17.2. The summed E-state index contributed by atoms with van der Waals surface area (Å²) in [6.45, 7) is 2.89. The van der Waals surface area contributed by atoms with Gasteiger partial charge in [-0.05, 0) is 30.2 Å². The van der Waals surface area contributed by atoms with Crippen LogP contribution in [0.5, 0.6) is 0 Å². The van der Waals surface area contributed by atoms with Gasteiger partial charge in [-0.25, -0.2) is 0 Å². The Morgan fingerprint density at radius 2 is 1.65 bits per heavy atom.